The summed E-state index contributed by atoms with van der Waals surface area (Å²) in [5, 5.41) is 3.00. The van der Waals surface area contributed by atoms with Gasteiger partial charge in [-0.3, -0.25) is 4.79 Å². The second kappa shape index (κ2) is 7.05. The molecule has 0 radical (unpaired) electrons. The highest BCUT2D eigenvalue weighted by atomic mass is 16.5. The van der Waals surface area contributed by atoms with Crippen LogP contribution in [-0.2, 0) is 10.2 Å². The van der Waals surface area contributed by atoms with Gasteiger partial charge in [-0.1, -0.05) is 32.9 Å². The third-order valence-electron chi connectivity index (χ3n) is 3.98. The number of hydrogen-bond donors (Lipinski definition) is 2. The summed E-state index contributed by atoms with van der Waals surface area (Å²) in [7, 11) is 0. The Morgan fingerprint density at radius 2 is 1.81 bits per heavy atom. The maximum absolute atomic E-state index is 12.1. The first kappa shape index (κ1) is 16.0. The molecule has 0 saturated carbocycles. The topological polar surface area (TPSA) is 42.8 Å². The van der Waals surface area contributed by atoms with Crippen molar-refractivity contribution in [3.8, 4) is 0 Å². The van der Waals surface area contributed by atoms with Crippen LogP contribution in [0.5, 0.6) is 0 Å². The van der Waals surface area contributed by atoms with E-state index in [1.54, 1.807) is 0 Å². The summed E-state index contributed by atoms with van der Waals surface area (Å²) in [6.45, 7) is 11.9. The van der Waals surface area contributed by atoms with E-state index in [0.717, 1.165) is 45.0 Å². The van der Waals surface area contributed by atoms with Crippen LogP contribution < -0.4 is 10.2 Å². The van der Waals surface area contributed by atoms with Crippen LogP contribution >= 0.6 is 0 Å². The van der Waals surface area contributed by atoms with E-state index in [-0.39, 0.29) is 11.3 Å². The van der Waals surface area contributed by atoms with Crippen molar-refractivity contribution >= 4 is 5.91 Å². The van der Waals surface area contributed by atoms with E-state index in [1.807, 2.05) is 24.3 Å². The SMILES string of the molecule is CC(C)(C)c1ccc(C(=O)NCC[NH+]2CCOCC2)cc1. The van der Waals surface area contributed by atoms with Gasteiger partial charge in [0.15, 0.2) is 0 Å². The van der Waals surface area contributed by atoms with E-state index in [9.17, 15) is 4.79 Å². The first-order chi connectivity index (χ1) is 9.97. The molecular weight excluding hydrogens is 264 g/mol. The largest absolute Gasteiger partial charge is 0.370 e. The van der Waals surface area contributed by atoms with Crippen molar-refractivity contribution in [2.75, 3.05) is 39.4 Å². The molecule has 1 aliphatic rings. The van der Waals surface area contributed by atoms with Crippen LogP contribution in [0.15, 0.2) is 24.3 Å². The van der Waals surface area contributed by atoms with Gasteiger partial charge in [0.2, 0.25) is 0 Å². The van der Waals surface area contributed by atoms with Gasteiger partial charge >= 0.3 is 0 Å². The molecule has 0 aromatic heterocycles. The molecule has 2 N–H and O–H groups in total. The Bertz CT molecular complexity index is 457. The third kappa shape index (κ3) is 4.83. The molecule has 2 rings (SSSR count). The molecule has 1 fully saturated rings. The zero-order chi connectivity index (χ0) is 15.3. The van der Waals surface area contributed by atoms with Crippen molar-refractivity contribution in [1.29, 1.82) is 0 Å². The number of benzene rings is 1. The molecular formula is C17H27N2O2+. The highest BCUT2D eigenvalue weighted by molar-refractivity contribution is 5.94. The average molecular weight is 291 g/mol. The molecule has 1 amide bonds. The van der Waals surface area contributed by atoms with E-state index < -0.39 is 0 Å². The Morgan fingerprint density at radius 3 is 2.38 bits per heavy atom. The van der Waals surface area contributed by atoms with Gasteiger partial charge in [-0.15, -0.1) is 0 Å². The lowest BCUT2D eigenvalue weighted by atomic mass is 9.87. The molecule has 0 atom stereocenters. The minimum Gasteiger partial charge on any atom is -0.370 e. The number of quaternary nitrogens is 1. The summed E-state index contributed by atoms with van der Waals surface area (Å²) in [6, 6.07) is 7.92. The minimum atomic E-state index is 0.0168. The number of rotatable bonds is 4. The quantitative estimate of drug-likeness (QED) is 0.854. The van der Waals surface area contributed by atoms with Crippen LogP contribution in [0.4, 0.5) is 0 Å². The molecule has 0 aliphatic carbocycles. The molecule has 1 aromatic rings. The fraction of sp³-hybridized carbons (Fsp3) is 0.588. The Morgan fingerprint density at radius 1 is 1.19 bits per heavy atom. The molecule has 21 heavy (non-hydrogen) atoms. The van der Waals surface area contributed by atoms with E-state index >= 15 is 0 Å². The van der Waals surface area contributed by atoms with Crippen LogP contribution in [0.25, 0.3) is 0 Å². The number of hydrogen-bond acceptors (Lipinski definition) is 2. The number of carbonyl (C=O) groups is 1. The van der Waals surface area contributed by atoms with Gasteiger partial charge in [0.1, 0.15) is 13.1 Å². The predicted octanol–water partition coefficient (Wildman–Crippen LogP) is 0.629. The van der Waals surface area contributed by atoms with Gasteiger partial charge in [0.05, 0.1) is 26.3 Å². The van der Waals surface area contributed by atoms with Crippen LogP contribution in [0, 0.1) is 0 Å². The standard InChI is InChI=1S/C17H26N2O2/c1-17(2,3)15-6-4-14(5-7-15)16(20)18-8-9-19-10-12-21-13-11-19/h4-7H,8-13H2,1-3H3,(H,18,20)/p+1. The fourth-order valence-corrected chi connectivity index (χ4v) is 2.49. The Labute approximate surface area is 127 Å². The van der Waals surface area contributed by atoms with Crippen LogP contribution in [-0.4, -0.2) is 45.3 Å². The van der Waals surface area contributed by atoms with Crippen LogP contribution in [0.3, 0.4) is 0 Å². The van der Waals surface area contributed by atoms with Crippen molar-refractivity contribution in [3.05, 3.63) is 35.4 Å². The molecule has 1 heterocycles. The highest BCUT2D eigenvalue weighted by Crippen LogP contribution is 2.22. The Kier molecular flexibility index (Phi) is 5.37. The molecule has 0 unspecified atom stereocenters. The van der Waals surface area contributed by atoms with E-state index in [4.69, 9.17) is 4.74 Å². The van der Waals surface area contributed by atoms with Crippen molar-refractivity contribution in [3.63, 3.8) is 0 Å². The first-order valence-electron chi connectivity index (χ1n) is 7.77. The molecule has 4 heteroatoms. The van der Waals surface area contributed by atoms with Crippen molar-refractivity contribution in [2.45, 2.75) is 26.2 Å². The Hall–Kier alpha value is -1.39. The maximum atomic E-state index is 12.1. The minimum absolute atomic E-state index is 0.0168. The van der Waals surface area contributed by atoms with Crippen molar-refractivity contribution in [1.82, 2.24) is 5.32 Å². The molecule has 4 nitrogen and oxygen atoms in total. The monoisotopic (exact) mass is 291 g/mol. The van der Waals surface area contributed by atoms with Gasteiger partial charge in [0, 0.05) is 5.56 Å². The van der Waals surface area contributed by atoms with Gasteiger partial charge < -0.3 is 15.0 Å². The first-order valence-corrected chi connectivity index (χ1v) is 7.77. The summed E-state index contributed by atoms with van der Waals surface area (Å²) in [6.07, 6.45) is 0. The van der Waals surface area contributed by atoms with E-state index in [2.05, 4.69) is 26.1 Å². The van der Waals surface area contributed by atoms with Gasteiger partial charge in [-0.2, -0.15) is 0 Å². The maximum Gasteiger partial charge on any atom is 0.251 e. The molecule has 1 aromatic carbocycles. The smallest absolute Gasteiger partial charge is 0.251 e. The van der Waals surface area contributed by atoms with E-state index in [0.29, 0.717) is 0 Å². The van der Waals surface area contributed by atoms with Gasteiger partial charge in [-0.25, -0.2) is 0 Å². The lowest BCUT2D eigenvalue weighted by Gasteiger charge is -2.23. The van der Waals surface area contributed by atoms with Crippen molar-refractivity contribution in [2.24, 2.45) is 0 Å². The summed E-state index contributed by atoms with van der Waals surface area (Å²) >= 11 is 0. The second-order valence-electron chi connectivity index (χ2n) is 6.70. The lowest BCUT2D eigenvalue weighted by Crippen LogP contribution is -3.14. The number of carbonyl (C=O) groups excluding carboxylic acids is 1. The average Bonchev–Trinajstić information content (AvgIpc) is 2.47. The molecule has 0 spiro atoms. The Balaban J connectivity index is 1.80. The highest BCUT2D eigenvalue weighted by Gasteiger charge is 2.15. The zero-order valence-corrected chi connectivity index (χ0v) is 13.4. The summed E-state index contributed by atoms with van der Waals surface area (Å²) < 4.78 is 5.33. The van der Waals surface area contributed by atoms with Crippen LogP contribution in [0.2, 0.25) is 0 Å². The summed E-state index contributed by atoms with van der Waals surface area (Å²) in [4.78, 5) is 13.6. The number of amides is 1. The zero-order valence-electron chi connectivity index (χ0n) is 13.4. The van der Waals surface area contributed by atoms with Crippen molar-refractivity contribution < 1.29 is 14.4 Å². The number of ether oxygens (including phenoxy) is 1. The summed E-state index contributed by atoms with van der Waals surface area (Å²) in [5.41, 5.74) is 2.10. The van der Waals surface area contributed by atoms with Gasteiger partial charge in [-0.05, 0) is 23.1 Å². The molecule has 1 saturated heterocycles. The fourth-order valence-electron chi connectivity index (χ4n) is 2.49. The number of morpholine rings is 1. The van der Waals surface area contributed by atoms with Gasteiger partial charge in [0.25, 0.3) is 5.91 Å². The van der Waals surface area contributed by atoms with E-state index in [1.165, 1.54) is 10.5 Å². The van der Waals surface area contributed by atoms with Crippen LogP contribution in [0.1, 0.15) is 36.7 Å². The second-order valence-corrected chi connectivity index (χ2v) is 6.70. The molecule has 0 bridgehead atoms. The summed E-state index contributed by atoms with van der Waals surface area (Å²) in [5.74, 6) is 0.0168. The predicted molar refractivity (Wildman–Crippen MR) is 83.9 cm³/mol. The normalized spacial score (nSPS) is 16.7. The third-order valence-corrected chi connectivity index (χ3v) is 3.98. The number of nitrogens with one attached hydrogen (secondary N) is 2. The molecule has 1 aliphatic heterocycles. The lowest BCUT2D eigenvalue weighted by molar-refractivity contribution is -0.906. The molecule has 116 valence electrons.